The number of rotatable bonds is 6. The molecule has 4 bridgehead atoms. The average Bonchev–Trinajstić information content (AvgIpc) is 3.17. The van der Waals surface area contributed by atoms with Crippen LogP contribution in [-0.4, -0.2) is 34.5 Å². The van der Waals surface area contributed by atoms with Crippen molar-refractivity contribution in [1.82, 2.24) is 14.5 Å². The minimum Gasteiger partial charge on any atom is -0.489 e. The maximum Gasteiger partial charge on any atom is 0.222 e. The molecule has 0 spiro atoms. The summed E-state index contributed by atoms with van der Waals surface area (Å²) >= 11 is 0. The lowest BCUT2D eigenvalue weighted by molar-refractivity contribution is -0.128. The number of pyridine rings is 1. The van der Waals surface area contributed by atoms with E-state index in [0.717, 1.165) is 28.0 Å². The van der Waals surface area contributed by atoms with Gasteiger partial charge in [0.25, 0.3) is 0 Å². The van der Waals surface area contributed by atoms with Gasteiger partial charge in [0.2, 0.25) is 5.91 Å². The molecule has 0 radical (unpaired) electrons. The summed E-state index contributed by atoms with van der Waals surface area (Å²) in [5.74, 6) is 0.994. The molecule has 1 amide bonds. The molecule has 0 atom stereocenters. The third-order valence-electron chi connectivity index (χ3n) is 4.36. The van der Waals surface area contributed by atoms with Crippen molar-refractivity contribution >= 4 is 22.3 Å². The first kappa shape index (κ1) is 14.8. The summed E-state index contributed by atoms with van der Waals surface area (Å²) < 4.78 is 7.80. The Morgan fingerprint density at radius 3 is 2.54 bits per heavy atom. The molecule has 0 fully saturated rings. The first-order valence-electron chi connectivity index (χ1n) is 8.06. The van der Waals surface area contributed by atoms with Gasteiger partial charge in [-0.05, 0) is 5.56 Å². The van der Waals surface area contributed by atoms with Crippen molar-refractivity contribution in [3.63, 3.8) is 0 Å². The highest BCUT2D eigenvalue weighted by Gasteiger charge is 2.22. The van der Waals surface area contributed by atoms with Crippen LogP contribution >= 0.6 is 0 Å². The molecular formula is C19H19N3O2. The SMILES string of the molecule is CN(C)C(=O)CCc1nn2c3cc(OCc4ccccc4)cc2c13. The first-order valence-corrected chi connectivity index (χ1v) is 8.06. The lowest BCUT2D eigenvalue weighted by Gasteiger charge is -2.12. The maximum atomic E-state index is 11.7. The van der Waals surface area contributed by atoms with E-state index in [1.807, 2.05) is 34.8 Å². The van der Waals surface area contributed by atoms with Gasteiger partial charge in [0.05, 0.1) is 16.7 Å². The second-order valence-corrected chi connectivity index (χ2v) is 6.26. The van der Waals surface area contributed by atoms with Gasteiger partial charge < -0.3 is 9.64 Å². The Morgan fingerprint density at radius 2 is 1.88 bits per heavy atom. The van der Waals surface area contributed by atoms with E-state index in [0.29, 0.717) is 19.4 Å². The minimum atomic E-state index is 0.129. The Morgan fingerprint density at radius 1 is 1.17 bits per heavy atom. The van der Waals surface area contributed by atoms with Gasteiger partial charge >= 0.3 is 0 Å². The van der Waals surface area contributed by atoms with Crippen LogP contribution in [0.5, 0.6) is 5.75 Å². The van der Waals surface area contributed by atoms with E-state index < -0.39 is 0 Å². The molecule has 4 heterocycles. The van der Waals surface area contributed by atoms with Crippen molar-refractivity contribution in [2.75, 3.05) is 14.1 Å². The van der Waals surface area contributed by atoms with Crippen molar-refractivity contribution < 1.29 is 9.53 Å². The first-order chi connectivity index (χ1) is 11.6. The lowest BCUT2D eigenvalue weighted by atomic mass is 10.1. The molecule has 0 aliphatic carbocycles. The Kier molecular flexibility index (Phi) is 3.49. The van der Waals surface area contributed by atoms with Gasteiger partial charge in [-0.1, -0.05) is 30.3 Å². The zero-order valence-corrected chi connectivity index (χ0v) is 13.8. The standard InChI is InChI=1S/C19H19N3O2/c1-21(2)18(23)9-8-15-19-16-10-14(11-17(19)22(16)20-15)24-12-13-6-4-3-5-7-13/h3-7,10-11H,8-9,12H2,1-2H3. The molecule has 4 aromatic heterocycles. The molecule has 5 nitrogen and oxygen atoms in total. The van der Waals surface area contributed by atoms with Crippen LogP contribution < -0.4 is 4.74 Å². The Hall–Kier alpha value is -2.82. The van der Waals surface area contributed by atoms with Crippen LogP contribution in [0, 0.1) is 0 Å². The highest BCUT2D eigenvalue weighted by molar-refractivity contribution is 6.05. The Labute approximate surface area is 140 Å². The van der Waals surface area contributed by atoms with Gasteiger partial charge in [-0.15, -0.1) is 0 Å². The average molecular weight is 321 g/mol. The van der Waals surface area contributed by atoms with E-state index in [1.54, 1.807) is 19.0 Å². The fourth-order valence-electron chi connectivity index (χ4n) is 3.02. The normalized spacial score (nSPS) is 11.6. The van der Waals surface area contributed by atoms with Gasteiger partial charge in [-0.3, -0.25) is 4.79 Å². The number of aromatic nitrogens is 2. The molecule has 6 aromatic rings. The summed E-state index contributed by atoms with van der Waals surface area (Å²) in [6, 6.07) is 14.2. The number of fused-ring (bicyclic) bond motifs is 3. The van der Waals surface area contributed by atoms with Crippen LogP contribution in [0.25, 0.3) is 16.4 Å². The van der Waals surface area contributed by atoms with Gasteiger partial charge in [-0.25, -0.2) is 4.52 Å². The molecule has 122 valence electrons. The number of carbonyl (C=O) groups excluding carboxylic acids is 1. The third kappa shape index (κ3) is 2.42. The minimum absolute atomic E-state index is 0.129. The Balaban J connectivity index is 1.46. The van der Waals surface area contributed by atoms with E-state index >= 15 is 0 Å². The number of hydrogen-bond acceptors (Lipinski definition) is 3. The second-order valence-electron chi connectivity index (χ2n) is 6.26. The largest absolute Gasteiger partial charge is 0.489 e. The van der Waals surface area contributed by atoms with E-state index in [1.165, 1.54) is 5.39 Å². The summed E-state index contributed by atoms with van der Waals surface area (Å²) in [4.78, 5) is 13.4. The highest BCUT2D eigenvalue weighted by atomic mass is 16.5. The van der Waals surface area contributed by atoms with Crippen LogP contribution in [0.2, 0.25) is 0 Å². The molecule has 0 aliphatic heterocycles. The van der Waals surface area contributed by atoms with Crippen LogP contribution in [0.1, 0.15) is 17.7 Å². The molecule has 0 N–H and O–H groups in total. The summed E-state index contributed by atoms with van der Waals surface area (Å²) in [6.07, 6.45) is 1.17. The number of amides is 1. The van der Waals surface area contributed by atoms with Crippen LogP contribution in [0.15, 0.2) is 42.5 Å². The molecule has 2 aromatic carbocycles. The number of carbonyl (C=O) groups is 1. The van der Waals surface area contributed by atoms with Gasteiger partial charge in [-0.2, -0.15) is 5.10 Å². The molecule has 5 heteroatoms. The van der Waals surface area contributed by atoms with Gasteiger partial charge in [0, 0.05) is 44.5 Å². The monoisotopic (exact) mass is 321 g/mol. The van der Waals surface area contributed by atoms with Gasteiger partial charge in [0.1, 0.15) is 12.4 Å². The van der Waals surface area contributed by atoms with Crippen LogP contribution in [0.4, 0.5) is 0 Å². The number of aryl methyl sites for hydroxylation is 1. The molecule has 0 saturated carbocycles. The maximum absolute atomic E-state index is 11.7. The van der Waals surface area contributed by atoms with E-state index in [2.05, 4.69) is 17.2 Å². The van der Waals surface area contributed by atoms with Gasteiger partial charge in [0.15, 0.2) is 0 Å². The number of benzene rings is 2. The Bertz CT molecular complexity index is 926. The second kappa shape index (κ2) is 5.67. The smallest absolute Gasteiger partial charge is 0.222 e. The van der Waals surface area contributed by atoms with Crippen molar-refractivity contribution in [2.24, 2.45) is 0 Å². The van der Waals surface area contributed by atoms with Crippen molar-refractivity contribution in [1.29, 1.82) is 0 Å². The summed E-state index contributed by atoms with van der Waals surface area (Å²) in [5, 5.41) is 5.74. The fraction of sp³-hybridized carbons (Fsp3) is 0.263. The predicted molar refractivity (Wildman–Crippen MR) is 92.9 cm³/mol. The van der Waals surface area contributed by atoms with Crippen LogP contribution in [-0.2, 0) is 17.8 Å². The molecule has 0 saturated heterocycles. The van der Waals surface area contributed by atoms with E-state index in [4.69, 9.17) is 4.74 Å². The van der Waals surface area contributed by atoms with Crippen molar-refractivity contribution in [3.8, 4) is 5.75 Å². The number of hydrogen-bond donors (Lipinski definition) is 0. The fourth-order valence-corrected chi connectivity index (χ4v) is 3.02. The lowest BCUT2D eigenvalue weighted by Crippen LogP contribution is -2.21. The third-order valence-corrected chi connectivity index (χ3v) is 4.36. The highest BCUT2D eigenvalue weighted by Crippen LogP contribution is 2.36. The van der Waals surface area contributed by atoms with Crippen LogP contribution in [0.3, 0.4) is 0 Å². The molecule has 0 aliphatic rings. The van der Waals surface area contributed by atoms with Crippen molar-refractivity contribution in [3.05, 3.63) is 53.7 Å². The molecule has 24 heavy (non-hydrogen) atoms. The van der Waals surface area contributed by atoms with E-state index in [9.17, 15) is 4.79 Å². The number of nitrogens with zero attached hydrogens (tertiary/aromatic N) is 3. The summed E-state index contributed by atoms with van der Waals surface area (Å²) in [7, 11) is 3.56. The van der Waals surface area contributed by atoms with E-state index in [-0.39, 0.29) is 5.91 Å². The predicted octanol–water partition coefficient (Wildman–Crippen LogP) is 2.96. The zero-order valence-electron chi connectivity index (χ0n) is 13.8. The summed E-state index contributed by atoms with van der Waals surface area (Å²) in [6.45, 7) is 0.560. The molecule has 0 unspecified atom stereocenters. The molecular weight excluding hydrogens is 302 g/mol. The number of ether oxygens (including phenoxy) is 1. The quantitative estimate of drug-likeness (QED) is 0.548. The van der Waals surface area contributed by atoms with Crippen molar-refractivity contribution in [2.45, 2.75) is 19.4 Å². The molecule has 6 rings (SSSR count). The summed E-state index contributed by atoms with van der Waals surface area (Å²) in [5.41, 5.74) is 4.33. The topological polar surface area (TPSA) is 46.8 Å². The zero-order chi connectivity index (χ0) is 16.7.